The van der Waals surface area contributed by atoms with Gasteiger partial charge in [0.1, 0.15) is 18.1 Å². The largest absolute Gasteiger partial charge is 0.490 e. The highest BCUT2D eigenvalue weighted by Gasteiger charge is 2.34. The summed E-state index contributed by atoms with van der Waals surface area (Å²) in [4.78, 5) is 26.4. The standard InChI is InChI=1S/C25H19BrClFN2O4/c1-2-33-22-13-16(11-20(26)23(22)34-14-15-4-3-5-18(28)10-15)12-21-24(31)30(25(32)29-21)19-8-6-17(27)7-9-19/h3-13H,2,14H2,1H3,(H,29,32)/b21-12+. The lowest BCUT2D eigenvalue weighted by Crippen LogP contribution is -2.30. The second-order valence-electron chi connectivity index (χ2n) is 7.29. The number of benzene rings is 3. The lowest BCUT2D eigenvalue weighted by molar-refractivity contribution is -0.113. The van der Waals surface area contributed by atoms with Crippen LogP contribution in [0.3, 0.4) is 0 Å². The normalized spacial score (nSPS) is 14.5. The summed E-state index contributed by atoms with van der Waals surface area (Å²) in [7, 11) is 0. The summed E-state index contributed by atoms with van der Waals surface area (Å²) in [6, 6.07) is 15.4. The highest BCUT2D eigenvalue weighted by atomic mass is 79.9. The van der Waals surface area contributed by atoms with Crippen LogP contribution in [-0.4, -0.2) is 18.5 Å². The number of ether oxygens (including phenoxy) is 2. The van der Waals surface area contributed by atoms with Crippen LogP contribution in [0.2, 0.25) is 5.02 Å². The van der Waals surface area contributed by atoms with E-state index in [9.17, 15) is 14.0 Å². The van der Waals surface area contributed by atoms with Gasteiger partial charge >= 0.3 is 6.03 Å². The highest BCUT2D eigenvalue weighted by molar-refractivity contribution is 9.10. The van der Waals surface area contributed by atoms with Crippen molar-refractivity contribution in [3.8, 4) is 11.5 Å². The van der Waals surface area contributed by atoms with Crippen LogP contribution in [-0.2, 0) is 11.4 Å². The number of nitrogens with one attached hydrogen (secondary N) is 1. The van der Waals surface area contributed by atoms with Crippen molar-refractivity contribution >= 4 is 51.2 Å². The van der Waals surface area contributed by atoms with E-state index in [1.165, 1.54) is 12.1 Å². The molecule has 0 aromatic heterocycles. The van der Waals surface area contributed by atoms with Crippen molar-refractivity contribution in [2.24, 2.45) is 0 Å². The fourth-order valence-electron chi connectivity index (χ4n) is 3.38. The van der Waals surface area contributed by atoms with Crippen LogP contribution in [0, 0.1) is 5.82 Å². The van der Waals surface area contributed by atoms with E-state index < -0.39 is 11.9 Å². The van der Waals surface area contributed by atoms with Gasteiger partial charge in [-0.2, -0.15) is 0 Å². The quantitative estimate of drug-likeness (QED) is 0.279. The SMILES string of the molecule is CCOc1cc(/C=C2/NC(=O)N(c3ccc(Cl)cc3)C2=O)cc(Br)c1OCc1cccc(F)c1. The van der Waals surface area contributed by atoms with Crippen molar-refractivity contribution in [2.45, 2.75) is 13.5 Å². The predicted octanol–water partition coefficient (Wildman–Crippen LogP) is 6.32. The average Bonchev–Trinajstić information content (AvgIpc) is 3.07. The monoisotopic (exact) mass is 544 g/mol. The Hall–Kier alpha value is -3.36. The molecule has 34 heavy (non-hydrogen) atoms. The second-order valence-corrected chi connectivity index (χ2v) is 8.58. The van der Waals surface area contributed by atoms with Gasteiger partial charge in [0.15, 0.2) is 11.5 Å². The van der Waals surface area contributed by atoms with E-state index >= 15 is 0 Å². The van der Waals surface area contributed by atoms with Crippen LogP contribution in [0.15, 0.2) is 70.8 Å². The van der Waals surface area contributed by atoms with Gasteiger partial charge in [-0.15, -0.1) is 0 Å². The topological polar surface area (TPSA) is 67.9 Å². The molecule has 1 aliphatic heterocycles. The Morgan fingerprint density at radius 3 is 2.56 bits per heavy atom. The van der Waals surface area contributed by atoms with E-state index in [0.717, 1.165) is 4.90 Å². The molecule has 0 unspecified atom stereocenters. The molecular formula is C25H19BrClFN2O4. The fourth-order valence-corrected chi connectivity index (χ4v) is 4.08. The smallest absolute Gasteiger partial charge is 0.333 e. The number of amides is 3. The third kappa shape index (κ3) is 5.24. The molecule has 1 N–H and O–H groups in total. The van der Waals surface area contributed by atoms with Crippen LogP contribution in [0.5, 0.6) is 11.5 Å². The number of imide groups is 1. The number of hydrogen-bond acceptors (Lipinski definition) is 4. The van der Waals surface area contributed by atoms with Crippen molar-refractivity contribution in [3.63, 3.8) is 0 Å². The molecule has 0 spiro atoms. The Bertz CT molecular complexity index is 1280. The van der Waals surface area contributed by atoms with Gasteiger partial charge in [-0.25, -0.2) is 14.1 Å². The van der Waals surface area contributed by atoms with E-state index in [1.54, 1.807) is 54.6 Å². The molecule has 1 fully saturated rings. The molecule has 1 heterocycles. The van der Waals surface area contributed by atoms with Gasteiger partial charge in [-0.05, 0) is 88.6 Å². The number of anilines is 1. The van der Waals surface area contributed by atoms with Crippen molar-refractivity contribution in [1.82, 2.24) is 5.32 Å². The zero-order chi connectivity index (χ0) is 24.2. The first-order valence-corrected chi connectivity index (χ1v) is 11.5. The molecule has 3 amide bonds. The zero-order valence-corrected chi connectivity index (χ0v) is 20.3. The first-order chi connectivity index (χ1) is 16.4. The third-order valence-electron chi connectivity index (χ3n) is 4.88. The molecule has 0 bridgehead atoms. The molecule has 3 aromatic carbocycles. The summed E-state index contributed by atoms with van der Waals surface area (Å²) in [5, 5.41) is 3.10. The first kappa shape index (κ1) is 23.8. The molecule has 3 aromatic rings. The molecule has 4 rings (SSSR count). The van der Waals surface area contributed by atoms with Gasteiger partial charge in [0, 0.05) is 5.02 Å². The summed E-state index contributed by atoms with van der Waals surface area (Å²) >= 11 is 9.38. The zero-order valence-electron chi connectivity index (χ0n) is 18.0. The summed E-state index contributed by atoms with van der Waals surface area (Å²) in [6.45, 7) is 2.35. The Morgan fingerprint density at radius 1 is 1.09 bits per heavy atom. The lowest BCUT2D eigenvalue weighted by Gasteiger charge is -2.15. The maximum absolute atomic E-state index is 13.5. The van der Waals surface area contributed by atoms with Gasteiger partial charge in [0.05, 0.1) is 16.8 Å². The van der Waals surface area contributed by atoms with Crippen LogP contribution in [0.1, 0.15) is 18.1 Å². The molecule has 174 valence electrons. The molecule has 6 nitrogen and oxygen atoms in total. The molecule has 9 heteroatoms. The fraction of sp³-hybridized carbons (Fsp3) is 0.120. The van der Waals surface area contributed by atoms with Crippen molar-refractivity contribution < 1.29 is 23.5 Å². The van der Waals surface area contributed by atoms with E-state index in [0.29, 0.717) is 44.4 Å². The van der Waals surface area contributed by atoms with Gasteiger partial charge < -0.3 is 14.8 Å². The molecule has 1 aliphatic rings. The van der Waals surface area contributed by atoms with Crippen LogP contribution in [0.25, 0.3) is 6.08 Å². The van der Waals surface area contributed by atoms with Gasteiger partial charge in [0.25, 0.3) is 5.91 Å². The van der Waals surface area contributed by atoms with E-state index in [-0.39, 0.29) is 18.1 Å². The second kappa shape index (κ2) is 10.3. The average molecular weight is 546 g/mol. The van der Waals surface area contributed by atoms with Crippen molar-refractivity contribution in [1.29, 1.82) is 0 Å². The summed E-state index contributed by atoms with van der Waals surface area (Å²) in [6.07, 6.45) is 1.56. The maximum Gasteiger partial charge on any atom is 0.333 e. The Morgan fingerprint density at radius 2 is 1.85 bits per heavy atom. The highest BCUT2D eigenvalue weighted by Crippen LogP contribution is 2.38. The van der Waals surface area contributed by atoms with Crippen LogP contribution >= 0.6 is 27.5 Å². The molecule has 0 atom stereocenters. The van der Waals surface area contributed by atoms with E-state index in [4.69, 9.17) is 21.1 Å². The summed E-state index contributed by atoms with van der Waals surface area (Å²) in [5.41, 5.74) is 1.80. The minimum atomic E-state index is -0.558. The van der Waals surface area contributed by atoms with Crippen molar-refractivity contribution in [2.75, 3.05) is 11.5 Å². The molecule has 1 saturated heterocycles. The van der Waals surface area contributed by atoms with E-state index in [1.807, 2.05) is 6.92 Å². The molecule has 0 aliphatic carbocycles. The molecule has 0 saturated carbocycles. The predicted molar refractivity (Wildman–Crippen MR) is 131 cm³/mol. The summed E-state index contributed by atoms with van der Waals surface area (Å²) in [5.74, 6) is 0.0419. The van der Waals surface area contributed by atoms with Gasteiger partial charge in [-0.1, -0.05) is 23.7 Å². The molecule has 0 radical (unpaired) electrons. The number of rotatable bonds is 7. The van der Waals surface area contributed by atoms with Crippen molar-refractivity contribution in [3.05, 3.63) is 92.8 Å². The first-order valence-electron chi connectivity index (χ1n) is 10.3. The number of urea groups is 1. The number of carbonyl (C=O) groups is 2. The Kier molecular flexibility index (Phi) is 7.19. The Labute approximate surface area is 209 Å². The minimum Gasteiger partial charge on any atom is -0.490 e. The number of nitrogens with zero attached hydrogens (tertiary/aromatic N) is 1. The summed E-state index contributed by atoms with van der Waals surface area (Å²) < 4.78 is 25.7. The minimum absolute atomic E-state index is 0.114. The number of hydrogen-bond donors (Lipinski definition) is 1. The Balaban J connectivity index is 1.60. The lowest BCUT2D eigenvalue weighted by atomic mass is 10.1. The maximum atomic E-state index is 13.5. The number of carbonyl (C=O) groups excluding carboxylic acids is 2. The van der Waals surface area contributed by atoms with Gasteiger partial charge in [0.2, 0.25) is 0 Å². The van der Waals surface area contributed by atoms with Gasteiger partial charge in [-0.3, -0.25) is 4.79 Å². The van der Waals surface area contributed by atoms with Crippen LogP contribution < -0.4 is 19.7 Å². The number of halogens is 3. The molecular weight excluding hydrogens is 527 g/mol. The third-order valence-corrected chi connectivity index (χ3v) is 5.72. The van der Waals surface area contributed by atoms with Crippen LogP contribution in [0.4, 0.5) is 14.9 Å². The van der Waals surface area contributed by atoms with E-state index in [2.05, 4.69) is 21.2 Å².